The van der Waals surface area contributed by atoms with Gasteiger partial charge < -0.3 is 5.11 Å². The highest BCUT2D eigenvalue weighted by atomic mass is 19.2. The standard InChI is InChI=1S/C14H10F2O2/c1-8-4-2-3-5-9(8)10-6-12(15)13(16)7-11(10)14(17)18/h2-7H,1H3,(H,17,18). The van der Waals surface area contributed by atoms with Gasteiger partial charge in [0.25, 0.3) is 0 Å². The Balaban J connectivity index is 2.74. The van der Waals surface area contributed by atoms with Crippen LogP contribution in [0.15, 0.2) is 36.4 Å². The minimum absolute atomic E-state index is 0.180. The number of hydrogen-bond acceptors (Lipinski definition) is 1. The first kappa shape index (κ1) is 12.2. The van der Waals surface area contributed by atoms with Crippen LogP contribution in [0.25, 0.3) is 11.1 Å². The quantitative estimate of drug-likeness (QED) is 0.880. The molecule has 0 atom stereocenters. The van der Waals surface area contributed by atoms with Crippen LogP contribution in [0.3, 0.4) is 0 Å². The van der Waals surface area contributed by atoms with Crippen molar-refractivity contribution in [2.45, 2.75) is 6.92 Å². The highest BCUT2D eigenvalue weighted by Gasteiger charge is 2.17. The third-order valence-electron chi connectivity index (χ3n) is 2.73. The van der Waals surface area contributed by atoms with Crippen LogP contribution >= 0.6 is 0 Å². The number of halogens is 2. The molecule has 2 aromatic carbocycles. The number of benzene rings is 2. The summed E-state index contributed by atoms with van der Waals surface area (Å²) in [4.78, 5) is 11.1. The summed E-state index contributed by atoms with van der Waals surface area (Å²) in [5.74, 6) is -3.50. The number of aryl methyl sites for hydroxylation is 1. The lowest BCUT2D eigenvalue weighted by atomic mass is 9.96. The predicted octanol–water partition coefficient (Wildman–Crippen LogP) is 3.64. The van der Waals surface area contributed by atoms with Gasteiger partial charge >= 0.3 is 5.97 Å². The van der Waals surface area contributed by atoms with Gasteiger partial charge in [0.1, 0.15) is 0 Å². The van der Waals surface area contributed by atoms with Crippen LogP contribution in [0.5, 0.6) is 0 Å². The Morgan fingerprint density at radius 1 is 1.06 bits per heavy atom. The van der Waals surface area contributed by atoms with Crippen molar-refractivity contribution in [2.75, 3.05) is 0 Å². The second kappa shape index (κ2) is 4.56. The third kappa shape index (κ3) is 2.09. The molecular weight excluding hydrogens is 238 g/mol. The Morgan fingerprint density at radius 3 is 2.28 bits per heavy atom. The van der Waals surface area contributed by atoms with Crippen molar-refractivity contribution in [3.63, 3.8) is 0 Å². The predicted molar refractivity (Wildman–Crippen MR) is 63.5 cm³/mol. The minimum atomic E-state index is -1.29. The maximum Gasteiger partial charge on any atom is 0.336 e. The molecule has 0 unspecified atom stereocenters. The smallest absolute Gasteiger partial charge is 0.336 e. The van der Waals surface area contributed by atoms with Crippen LogP contribution in [0.1, 0.15) is 15.9 Å². The van der Waals surface area contributed by atoms with E-state index in [0.717, 1.165) is 11.6 Å². The van der Waals surface area contributed by atoms with E-state index in [4.69, 9.17) is 5.11 Å². The molecule has 0 bridgehead atoms. The van der Waals surface area contributed by atoms with Gasteiger partial charge in [-0.3, -0.25) is 0 Å². The van der Waals surface area contributed by atoms with E-state index in [1.165, 1.54) is 0 Å². The Hall–Kier alpha value is -2.23. The summed E-state index contributed by atoms with van der Waals surface area (Å²) < 4.78 is 26.4. The molecule has 2 aromatic rings. The monoisotopic (exact) mass is 248 g/mol. The van der Waals surface area contributed by atoms with Gasteiger partial charge in [-0.1, -0.05) is 24.3 Å². The molecule has 18 heavy (non-hydrogen) atoms. The van der Waals surface area contributed by atoms with Crippen molar-refractivity contribution in [3.05, 3.63) is 59.2 Å². The molecule has 0 fully saturated rings. The van der Waals surface area contributed by atoms with Crippen molar-refractivity contribution in [2.24, 2.45) is 0 Å². The van der Waals surface area contributed by atoms with Crippen LogP contribution in [0.2, 0.25) is 0 Å². The Labute approximate surface area is 103 Å². The van der Waals surface area contributed by atoms with E-state index in [1.807, 2.05) is 0 Å². The molecule has 0 heterocycles. The average Bonchev–Trinajstić information content (AvgIpc) is 2.32. The molecule has 0 saturated carbocycles. The summed E-state index contributed by atoms with van der Waals surface area (Å²) in [5, 5.41) is 9.04. The number of carboxylic acids is 1. The first-order chi connectivity index (χ1) is 8.50. The molecule has 0 saturated heterocycles. The van der Waals surface area contributed by atoms with E-state index < -0.39 is 17.6 Å². The molecule has 2 rings (SSSR count). The van der Waals surface area contributed by atoms with Crippen LogP contribution in [-0.4, -0.2) is 11.1 Å². The number of aromatic carboxylic acids is 1. The molecule has 0 aliphatic rings. The van der Waals surface area contributed by atoms with Crippen molar-refractivity contribution in [3.8, 4) is 11.1 Å². The Morgan fingerprint density at radius 2 is 1.67 bits per heavy atom. The van der Waals surface area contributed by atoms with E-state index in [0.29, 0.717) is 11.6 Å². The number of rotatable bonds is 2. The molecule has 2 nitrogen and oxygen atoms in total. The highest BCUT2D eigenvalue weighted by Crippen LogP contribution is 2.28. The summed E-state index contributed by atoms with van der Waals surface area (Å²) in [5.41, 5.74) is 1.31. The second-order valence-corrected chi connectivity index (χ2v) is 3.93. The lowest BCUT2D eigenvalue weighted by molar-refractivity contribution is 0.0697. The van der Waals surface area contributed by atoms with E-state index in [9.17, 15) is 13.6 Å². The molecule has 0 spiro atoms. The molecule has 0 aliphatic heterocycles. The lowest BCUT2D eigenvalue weighted by Crippen LogP contribution is -2.03. The summed E-state index contributed by atoms with van der Waals surface area (Å²) in [7, 11) is 0. The normalized spacial score (nSPS) is 10.4. The van der Waals surface area contributed by atoms with Gasteiger partial charge in [-0.05, 0) is 35.7 Å². The average molecular weight is 248 g/mol. The largest absolute Gasteiger partial charge is 0.478 e. The van der Waals surface area contributed by atoms with Crippen molar-refractivity contribution < 1.29 is 18.7 Å². The van der Waals surface area contributed by atoms with E-state index in [1.54, 1.807) is 31.2 Å². The second-order valence-electron chi connectivity index (χ2n) is 3.93. The maximum atomic E-state index is 13.3. The van der Waals surface area contributed by atoms with Gasteiger partial charge in [-0.15, -0.1) is 0 Å². The summed E-state index contributed by atoms with van der Waals surface area (Å²) in [6, 6.07) is 8.59. The van der Waals surface area contributed by atoms with Crippen molar-refractivity contribution in [1.29, 1.82) is 0 Å². The summed E-state index contributed by atoms with van der Waals surface area (Å²) >= 11 is 0. The molecular formula is C14H10F2O2. The number of carboxylic acid groups (broad SMARTS) is 1. The van der Waals surface area contributed by atoms with Crippen molar-refractivity contribution >= 4 is 5.97 Å². The van der Waals surface area contributed by atoms with Crippen LogP contribution in [0.4, 0.5) is 8.78 Å². The van der Waals surface area contributed by atoms with E-state index in [2.05, 4.69) is 0 Å². The zero-order valence-corrected chi connectivity index (χ0v) is 9.58. The Kier molecular flexibility index (Phi) is 3.10. The number of carbonyl (C=O) groups is 1. The first-order valence-corrected chi connectivity index (χ1v) is 5.29. The Bertz CT molecular complexity index is 621. The highest BCUT2D eigenvalue weighted by molar-refractivity contribution is 5.96. The fraction of sp³-hybridized carbons (Fsp3) is 0.0714. The topological polar surface area (TPSA) is 37.3 Å². The molecule has 4 heteroatoms. The molecule has 0 aliphatic carbocycles. The van der Waals surface area contributed by atoms with Gasteiger partial charge in [0.15, 0.2) is 11.6 Å². The van der Waals surface area contributed by atoms with Crippen molar-refractivity contribution in [1.82, 2.24) is 0 Å². The van der Waals surface area contributed by atoms with Gasteiger partial charge in [0.2, 0.25) is 0 Å². The fourth-order valence-corrected chi connectivity index (χ4v) is 1.82. The van der Waals surface area contributed by atoms with Crippen LogP contribution in [0, 0.1) is 18.6 Å². The van der Waals surface area contributed by atoms with E-state index >= 15 is 0 Å². The lowest BCUT2D eigenvalue weighted by Gasteiger charge is -2.10. The minimum Gasteiger partial charge on any atom is -0.478 e. The zero-order valence-electron chi connectivity index (χ0n) is 9.58. The van der Waals surface area contributed by atoms with E-state index in [-0.39, 0.29) is 11.1 Å². The van der Waals surface area contributed by atoms with Crippen LogP contribution in [-0.2, 0) is 0 Å². The fourth-order valence-electron chi connectivity index (χ4n) is 1.82. The first-order valence-electron chi connectivity index (χ1n) is 5.29. The number of hydrogen-bond donors (Lipinski definition) is 1. The molecule has 92 valence electrons. The molecule has 0 aromatic heterocycles. The summed E-state index contributed by atoms with van der Waals surface area (Å²) in [6.45, 7) is 1.78. The molecule has 1 N–H and O–H groups in total. The maximum absolute atomic E-state index is 13.3. The SMILES string of the molecule is Cc1ccccc1-c1cc(F)c(F)cc1C(=O)O. The van der Waals surface area contributed by atoms with Gasteiger partial charge in [0, 0.05) is 0 Å². The molecule has 0 amide bonds. The van der Waals surface area contributed by atoms with Crippen LogP contribution < -0.4 is 0 Å². The molecule has 0 radical (unpaired) electrons. The summed E-state index contributed by atoms with van der Waals surface area (Å²) in [6.07, 6.45) is 0. The zero-order chi connectivity index (χ0) is 13.3. The third-order valence-corrected chi connectivity index (χ3v) is 2.73. The van der Waals surface area contributed by atoms with Gasteiger partial charge in [-0.2, -0.15) is 0 Å². The van der Waals surface area contributed by atoms with Gasteiger partial charge in [-0.25, -0.2) is 13.6 Å². The van der Waals surface area contributed by atoms with Gasteiger partial charge in [0.05, 0.1) is 5.56 Å².